The smallest absolute Gasteiger partial charge is 0.272 e. The first-order valence-electron chi connectivity index (χ1n) is 10.6. The van der Waals surface area contributed by atoms with Gasteiger partial charge in [0.15, 0.2) is 0 Å². The predicted octanol–water partition coefficient (Wildman–Crippen LogP) is 5.06. The van der Waals surface area contributed by atoms with E-state index in [1.54, 1.807) is 18.5 Å². The normalized spacial score (nSPS) is 11.0. The van der Waals surface area contributed by atoms with Gasteiger partial charge in [-0.2, -0.15) is 0 Å². The molecule has 0 atom stereocenters. The number of nitrogens with zero attached hydrogens (tertiary/aromatic N) is 4. The molecular formula is C27H22N4O. The number of rotatable bonds is 6. The first kappa shape index (κ1) is 19.8. The van der Waals surface area contributed by atoms with Crippen LogP contribution in [0.5, 0.6) is 0 Å². The van der Waals surface area contributed by atoms with E-state index in [0.29, 0.717) is 18.8 Å². The summed E-state index contributed by atoms with van der Waals surface area (Å²) >= 11 is 0. The van der Waals surface area contributed by atoms with Crippen LogP contribution in [0.1, 0.15) is 21.6 Å². The van der Waals surface area contributed by atoms with E-state index in [0.717, 1.165) is 33.8 Å². The first-order chi connectivity index (χ1) is 15.8. The molecule has 0 aliphatic rings. The van der Waals surface area contributed by atoms with Crippen molar-refractivity contribution >= 4 is 27.7 Å². The van der Waals surface area contributed by atoms with Gasteiger partial charge in [0.25, 0.3) is 5.91 Å². The van der Waals surface area contributed by atoms with Gasteiger partial charge in [-0.1, -0.05) is 48.5 Å². The Kier molecular flexibility index (Phi) is 5.54. The van der Waals surface area contributed by atoms with Crippen LogP contribution in [0.15, 0.2) is 97.5 Å². The highest BCUT2D eigenvalue weighted by Crippen LogP contribution is 2.17. The van der Waals surface area contributed by atoms with Gasteiger partial charge >= 0.3 is 0 Å². The summed E-state index contributed by atoms with van der Waals surface area (Å²) in [4.78, 5) is 28.6. The summed E-state index contributed by atoms with van der Waals surface area (Å²) < 4.78 is 0. The Bertz CT molecular complexity index is 1380. The van der Waals surface area contributed by atoms with Crippen LogP contribution in [-0.2, 0) is 13.0 Å². The maximum atomic E-state index is 13.5. The van der Waals surface area contributed by atoms with E-state index in [1.807, 2.05) is 65.7 Å². The number of hydrogen-bond donors (Lipinski definition) is 0. The molecule has 3 heterocycles. The molecule has 2 aromatic carbocycles. The van der Waals surface area contributed by atoms with Gasteiger partial charge in [0, 0.05) is 42.5 Å². The Morgan fingerprint density at radius 1 is 0.781 bits per heavy atom. The summed E-state index contributed by atoms with van der Waals surface area (Å²) in [6.45, 7) is 1.06. The summed E-state index contributed by atoms with van der Waals surface area (Å²) in [7, 11) is 0. The number of carbonyl (C=O) groups excluding carboxylic acids is 1. The zero-order valence-electron chi connectivity index (χ0n) is 17.6. The minimum absolute atomic E-state index is 0.0900. The summed E-state index contributed by atoms with van der Waals surface area (Å²) in [6, 6.07) is 25.8. The molecule has 0 N–H and O–H groups in total. The Balaban J connectivity index is 1.44. The molecule has 5 heteroatoms. The van der Waals surface area contributed by atoms with E-state index in [4.69, 9.17) is 0 Å². The van der Waals surface area contributed by atoms with Crippen LogP contribution >= 0.6 is 0 Å². The van der Waals surface area contributed by atoms with Gasteiger partial charge in [0.2, 0.25) is 0 Å². The predicted molar refractivity (Wildman–Crippen MR) is 126 cm³/mol. The van der Waals surface area contributed by atoms with Gasteiger partial charge in [-0.05, 0) is 47.9 Å². The van der Waals surface area contributed by atoms with Gasteiger partial charge in [-0.25, -0.2) is 4.98 Å². The van der Waals surface area contributed by atoms with Gasteiger partial charge in [-0.15, -0.1) is 0 Å². The van der Waals surface area contributed by atoms with Crippen molar-refractivity contribution in [1.82, 2.24) is 19.9 Å². The van der Waals surface area contributed by atoms with Crippen LogP contribution in [0.3, 0.4) is 0 Å². The molecule has 32 heavy (non-hydrogen) atoms. The molecule has 3 aromatic heterocycles. The lowest BCUT2D eigenvalue weighted by Gasteiger charge is -2.23. The molecule has 0 spiro atoms. The summed E-state index contributed by atoms with van der Waals surface area (Å²) in [5.74, 6) is -0.0900. The summed E-state index contributed by atoms with van der Waals surface area (Å²) in [5.41, 5.74) is 4.34. The fourth-order valence-corrected chi connectivity index (χ4v) is 3.83. The third kappa shape index (κ3) is 4.32. The Labute approximate surface area is 186 Å². The zero-order valence-corrected chi connectivity index (χ0v) is 17.6. The largest absolute Gasteiger partial charge is 0.333 e. The lowest BCUT2D eigenvalue weighted by atomic mass is 10.1. The lowest BCUT2D eigenvalue weighted by molar-refractivity contribution is 0.0739. The van der Waals surface area contributed by atoms with Crippen LogP contribution in [0.25, 0.3) is 21.8 Å². The van der Waals surface area contributed by atoms with Crippen LogP contribution < -0.4 is 0 Å². The molecule has 0 bridgehead atoms. The molecule has 0 unspecified atom stereocenters. The minimum Gasteiger partial charge on any atom is -0.333 e. The number of amides is 1. The van der Waals surface area contributed by atoms with E-state index in [9.17, 15) is 4.79 Å². The molecule has 0 saturated carbocycles. The standard InChI is InChI=1S/C27H22N4O/c32-27(26-11-10-23-18-28-14-12-25(23)30-26)31(15-13-20-6-2-1-3-7-20)19-21-16-22-8-4-5-9-24(22)29-17-21/h1-12,14,16-18H,13,15,19H2. The van der Waals surface area contributed by atoms with E-state index < -0.39 is 0 Å². The average Bonchev–Trinajstić information content (AvgIpc) is 2.86. The molecule has 5 aromatic rings. The van der Waals surface area contributed by atoms with E-state index in [2.05, 4.69) is 33.2 Å². The van der Waals surface area contributed by atoms with Crippen molar-refractivity contribution in [3.05, 3.63) is 114 Å². The first-order valence-corrected chi connectivity index (χ1v) is 10.6. The molecule has 156 valence electrons. The number of para-hydroxylation sites is 1. The topological polar surface area (TPSA) is 59.0 Å². The molecular weight excluding hydrogens is 396 g/mol. The van der Waals surface area contributed by atoms with Gasteiger partial charge in [0.1, 0.15) is 5.69 Å². The van der Waals surface area contributed by atoms with Crippen molar-refractivity contribution < 1.29 is 4.79 Å². The van der Waals surface area contributed by atoms with Gasteiger partial charge in [0.05, 0.1) is 11.0 Å². The molecule has 1 amide bonds. The average molecular weight is 419 g/mol. The Hall–Kier alpha value is -4.12. The van der Waals surface area contributed by atoms with Crippen molar-refractivity contribution in [3.63, 3.8) is 0 Å². The maximum Gasteiger partial charge on any atom is 0.272 e. The van der Waals surface area contributed by atoms with Crippen molar-refractivity contribution in [3.8, 4) is 0 Å². The molecule has 0 fully saturated rings. The van der Waals surface area contributed by atoms with Crippen LogP contribution in [0.2, 0.25) is 0 Å². The maximum absolute atomic E-state index is 13.5. The highest BCUT2D eigenvalue weighted by atomic mass is 16.2. The van der Waals surface area contributed by atoms with E-state index in [-0.39, 0.29) is 5.91 Å². The quantitative estimate of drug-likeness (QED) is 0.387. The second-order valence-electron chi connectivity index (χ2n) is 7.76. The summed E-state index contributed by atoms with van der Waals surface area (Å²) in [5, 5.41) is 1.98. The minimum atomic E-state index is -0.0900. The summed E-state index contributed by atoms with van der Waals surface area (Å²) in [6.07, 6.45) is 6.07. The molecule has 0 saturated heterocycles. The van der Waals surface area contributed by atoms with Crippen molar-refractivity contribution in [2.75, 3.05) is 6.54 Å². The third-order valence-electron chi connectivity index (χ3n) is 5.53. The van der Waals surface area contributed by atoms with E-state index in [1.165, 1.54) is 5.56 Å². The van der Waals surface area contributed by atoms with Crippen molar-refractivity contribution in [2.24, 2.45) is 0 Å². The lowest BCUT2D eigenvalue weighted by Crippen LogP contribution is -2.33. The monoisotopic (exact) mass is 418 g/mol. The fraction of sp³-hybridized carbons (Fsp3) is 0.111. The highest BCUT2D eigenvalue weighted by molar-refractivity contribution is 5.94. The molecule has 5 nitrogen and oxygen atoms in total. The van der Waals surface area contributed by atoms with Crippen molar-refractivity contribution in [2.45, 2.75) is 13.0 Å². The number of fused-ring (bicyclic) bond motifs is 2. The number of pyridine rings is 3. The van der Waals surface area contributed by atoms with Crippen LogP contribution in [0.4, 0.5) is 0 Å². The number of hydrogen-bond acceptors (Lipinski definition) is 4. The number of benzene rings is 2. The van der Waals surface area contributed by atoms with Crippen molar-refractivity contribution in [1.29, 1.82) is 0 Å². The molecule has 0 aliphatic heterocycles. The fourth-order valence-electron chi connectivity index (χ4n) is 3.83. The zero-order chi connectivity index (χ0) is 21.8. The SMILES string of the molecule is O=C(c1ccc2cnccc2n1)N(CCc1ccccc1)Cc1cnc2ccccc2c1. The van der Waals surface area contributed by atoms with Gasteiger partial charge < -0.3 is 4.90 Å². The second-order valence-corrected chi connectivity index (χ2v) is 7.76. The Morgan fingerprint density at radius 2 is 1.62 bits per heavy atom. The third-order valence-corrected chi connectivity index (χ3v) is 5.53. The van der Waals surface area contributed by atoms with E-state index >= 15 is 0 Å². The molecule has 0 radical (unpaired) electrons. The van der Waals surface area contributed by atoms with Gasteiger partial charge in [-0.3, -0.25) is 14.8 Å². The highest BCUT2D eigenvalue weighted by Gasteiger charge is 2.18. The molecule has 0 aliphatic carbocycles. The molecule has 5 rings (SSSR count). The Morgan fingerprint density at radius 3 is 2.53 bits per heavy atom. The number of aromatic nitrogens is 3. The van der Waals surface area contributed by atoms with Crippen LogP contribution in [0, 0.1) is 0 Å². The second kappa shape index (κ2) is 8.94. The van der Waals surface area contributed by atoms with Crippen LogP contribution in [-0.4, -0.2) is 32.3 Å². The number of carbonyl (C=O) groups is 1.